The molecule has 0 radical (unpaired) electrons. The molecule has 0 amide bonds. The van der Waals surface area contributed by atoms with Gasteiger partial charge in [0.25, 0.3) is 0 Å². The first-order valence-electron chi connectivity index (χ1n) is 5.51. The molecule has 1 aromatic carbocycles. The molecule has 0 fully saturated rings. The van der Waals surface area contributed by atoms with E-state index in [0.29, 0.717) is 0 Å². The van der Waals surface area contributed by atoms with Crippen LogP contribution in [0.4, 0.5) is 5.69 Å². The highest BCUT2D eigenvalue weighted by atomic mass is 15.3. The number of aryl methyl sites for hydroxylation is 1. The number of aromatic nitrogens is 3. The molecule has 2 N–H and O–H groups in total. The van der Waals surface area contributed by atoms with Crippen LogP contribution in [0.1, 0.15) is 24.7 Å². The van der Waals surface area contributed by atoms with E-state index in [1.807, 2.05) is 24.3 Å². The third-order valence-corrected chi connectivity index (χ3v) is 2.56. The molecule has 4 nitrogen and oxygen atoms in total. The van der Waals surface area contributed by atoms with Crippen LogP contribution in [0.2, 0.25) is 0 Å². The summed E-state index contributed by atoms with van der Waals surface area (Å²) in [6.07, 6.45) is 3.60. The van der Waals surface area contributed by atoms with Crippen molar-refractivity contribution in [1.82, 2.24) is 14.8 Å². The smallest absolute Gasteiger partial charge is 0.137 e. The first-order chi connectivity index (χ1) is 7.81. The van der Waals surface area contributed by atoms with Crippen LogP contribution in [0.25, 0.3) is 0 Å². The van der Waals surface area contributed by atoms with Crippen molar-refractivity contribution in [2.45, 2.75) is 26.3 Å². The van der Waals surface area contributed by atoms with Crippen molar-refractivity contribution in [1.29, 1.82) is 0 Å². The molecule has 0 spiro atoms. The molecule has 84 valence electrons. The monoisotopic (exact) mass is 216 g/mol. The lowest BCUT2D eigenvalue weighted by Gasteiger charge is -2.06. The quantitative estimate of drug-likeness (QED) is 0.794. The maximum atomic E-state index is 5.90. The molecule has 0 saturated heterocycles. The minimum Gasteiger partial charge on any atom is -0.398 e. The van der Waals surface area contributed by atoms with Gasteiger partial charge in [-0.05, 0) is 18.1 Å². The molecule has 0 aliphatic heterocycles. The van der Waals surface area contributed by atoms with Crippen molar-refractivity contribution >= 4 is 5.69 Å². The topological polar surface area (TPSA) is 56.7 Å². The summed E-state index contributed by atoms with van der Waals surface area (Å²) in [6.45, 7) is 3.09. The summed E-state index contributed by atoms with van der Waals surface area (Å²) < 4.78 is 2.08. The van der Waals surface area contributed by atoms with Gasteiger partial charge in [-0.2, -0.15) is 0 Å². The zero-order valence-electron chi connectivity index (χ0n) is 9.43. The van der Waals surface area contributed by atoms with Gasteiger partial charge in [-0.1, -0.05) is 25.1 Å². The highest BCUT2D eigenvalue weighted by molar-refractivity contribution is 5.47. The Bertz CT molecular complexity index is 462. The SMILES string of the molecule is CCCn1cnnc1Cc1ccccc1N. The van der Waals surface area contributed by atoms with Gasteiger partial charge in [-0.3, -0.25) is 0 Å². The number of rotatable bonds is 4. The van der Waals surface area contributed by atoms with E-state index in [0.717, 1.165) is 36.5 Å². The molecular formula is C12H16N4. The molecule has 16 heavy (non-hydrogen) atoms. The van der Waals surface area contributed by atoms with Gasteiger partial charge < -0.3 is 10.3 Å². The van der Waals surface area contributed by atoms with Gasteiger partial charge in [0.15, 0.2) is 0 Å². The molecule has 0 atom stereocenters. The van der Waals surface area contributed by atoms with Crippen molar-refractivity contribution in [2.75, 3.05) is 5.73 Å². The van der Waals surface area contributed by atoms with E-state index in [1.165, 1.54) is 0 Å². The van der Waals surface area contributed by atoms with Gasteiger partial charge in [0.1, 0.15) is 12.2 Å². The number of hydrogen-bond donors (Lipinski definition) is 1. The van der Waals surface area contributed by atoms with Crippen LogP contribution in [-0.4, -0.2) is 14.8 Å². The predicted molar refractivity (Wildman–Crippen MR) is 64.0 cm³/mol. The molecule has 0 aliphatic carbocycles. The maximum absolute atomic E-state index is 5.90. The second kappa shape index (κ2) is 4.79. The van der Waals surface area contributed by atoms with Crippen LogP contribution in [0.5, 0.6) is 0 Å². The Balaban J connectivity index is 2.20. The zero-order chi connectivity index (χ0) is 11.4. The number of para-hydroxylation sites is 1. The van der Waals surface area contributed by atoms with Gasteiger partial charge in [0, 0.05) is 18.7 Å². The van der Waals surface area contributed by atoms with Crippen molar-refractivity contribution < 1.29 is 0 Å². The molecule has 2 rings (SSSR count). The first-order valence-corrected chi connectivity index (χ1v) is 5.51. The van der Waals surface area contributed by atoms with Crippen molar-refractivity contribution in [3.05, 3.63) is 42.0 Å². The normalized spacial score (nSPS) is 10.6. The van der Waals surface area contributed by atoms with Crippen molar-refractivity contribution in [3.63, 3.8) is 0 Å². The standard InChI is InChI=1S/C12H16N4/c1-2-7-16-9-14-15-12(16)8-10-5-3-4-6-11(10)13/h3-6,9H,2,7-8,13H2,1H3. The molecule has 0 saturated carbocycles. The Morgan fingerprint density at radius 2 is 2.12 bits per heavy atom. The summed E-state index contributed by atoms with van der Waals surface area (Å²) in [6, 6.07) is 7.87. The lowest BCUT2D eigenvalue weighted by atomic mass is 10.1. The third-order valence-electron chi connectivity index (χ3n) is 2.56. The minimum atomic E-state index is 0.743. The van der Waals surface area contributed by atoms with E-state index < -0.39 is 0 Å². The van der Waals surface area contributed by atoms with E-state index in [9.17, 15) is 0 Å². The van der Waals surface area contributed by atoms with E-state index in [2.05, 4.69) is 21.7 Å². The molecular weight excluding hydrogens is 200 g/mol. The van der Waals surface area contributed by atoms with E-state index in [1.54, 1.807) is 6.33 Å². The highest BCUT2D eigenvalue weighted by Crippen LogP contribution is 2.14. The largest absolute Gasteiger partial charge is 0.398 e. The van der Waals surface area contributed by atoms with Crippen molar-refractivity contribution in [3.8, 4) is 0 Å². The number of hydrogen-bond acceptors (Lipinski definition) is 3. The highest BCUT2D eigenvalue weighted by Gasteiger charge is 2.06. The fraction of sp³-hybridized carbons (Fsp3) is 0.333. The summed E-state index contributed by atoms with van der Waals surface area (Å²) in [5, 5.41) is 8.07. The Kier molecular flexibility index (Phi) is 3.19. The average Bonchev–Trinajstić information content (AvgIpc) is 2.70. The summed E-state index contributed by atoms with van der Waals surface area (Å²) >= 11 is 0. The van der Waals surface area contributed by atoms with E-state index in [-0.39, 0.29) is 0 Å². The fourth-order valence-corrected chi connectivity index (χ4v) is 1.71. The van der Waals surface area contributed by atoms with Gasteiger partial charge in [0.2, 0.25) is 0 Å². The van der Waals surface area contributed by atoms with Crippen LogP contribution in [0.3, 0.4) is 0 Å². The molecule has 4 heteroatoms. The molecule has 2 aromatic rings. The Labute approximate surface area is 95.1 Å². The van der Waals surface area contributed by atoms with Crippen molar-refractivity contribution in [2.24, 2.45) is 0 Å². The molecule has 0 unspecified atom stereocenters. The van der Waals surface area contributed by atoms with E-state index >= 15 is 0 Å². The predicted octanol–water partition coefficient (Wildman–Crippen LogP) is 1.86. The summed E-state index contributed by atoms with van der Waals surface area (Å²) in [4.78, 5) is 0. The summed E-state index contributed by atoms with van der Waals surface area (Å²) in [7, 11) is 0. The number of benzene rings is 1. The molecule has 1 aromatic heterocycles. The van der Waals surface area contributed by atoms with Gasteiger partial charge in [-0.25, -0.2) is 0 Å². The average molecular weight is 216 g/mol. The Hall–Kier alpha value is -1.84. The second-order valence-electron chi connectivity index (χ2n) is 3.82. The number of nitrogens with two attached hydrogens (primary N) is 1. The van der Waals surface area contributed by atoms with Crippen LogP contribution in [0.15, 0.2) is 30.6 Å². The zero-order valence-corrected chi connectivity index (χ0v) is 9.43. The minimum absolute atomic E-state index is 0.743. The van der Waals surface area contributed by atoms with E-state index in [4.69, 9.17) is 5.73 Å². The summed E-state index contributed by atoms with van der Waals surface area (Å²) in [5.74, 6) is 0.972. The molecule has 0 bridgehead atoms. The lowest BCUT2D eigenvalue weighted by Crippen LogP contribution is -2.04. The Morgan fingerprint density at radius 3 is 2.88 bits per heavy atom. The fourth-order valence-electron chi connectivity index (χ4n) is 1.71. The van der Waals surface area contributed by atoms with Crippen LogP contribution in [0, 0.1) is 0 Å². The molecule has 0 aliphatic rings. The maximum Gasteiger partial charge on any atom is 0.137 e. The second-order valence-corrected chi connectivity index (χ2v) is 3.82. The van der Waals surface area contributed by atoms with Gasteiger partial charge in [0.05, 0.1) is 0 Å². The van der Waals surface area contributed by atoms with Crippen LogP contribution >= 0.6 is 0 Å². The lowest BCUT2D eigenvalue weighted by molar-refractivity contribution is 0.646. The Morgan fingerprint density at radius 1 is 1.31 bits per heavy atom. The molecule has 1 heterocycles. The number of anilines is 1. The number of nitrogen functional groups attached to an aromatic ring is 1. The summed E-state index contributed by atoms with van der Waals surface area (Å²) in [5.41, 5.74) is 7.82. The van der Waals surface area contributed by atoms with Crippen LogP contribution < -0.4 is 5.73 Å². The first kappa shape index (κ1) is 10.7. The third kappa shape index (κ3) is 2.21. The number of nitrogens with zero attached hydrogens (tertiary/aromatic N) is 3. The van der Waals surface area contributed by atoms with Gasteiger partial charge >= 0.3 is 0 Å². The van der Waals surface area contributed by atoms with Gasteiger partial charge in [-0.15, -0.1) is 10.2 Å². The van der Waals surface area contributed by atoms with Crippen LogP contribution in [-0.2, 0) is 13.0 Å².